The molecule has 0 bridgehead atoms. The summed E-state index contributed by atoms with van der Waals surface area (Å²) in [6.07, 6.45) is 0.899. The molecule has 6 rings (SSSR count). The topological polar surface area (TPSA) is 121 Å². The van der Waals surface area contributed by atoms with Crippen LogP contribution in [0, 0.1) is 0 Å². The molecule has 0 saturated carbocycles. The smallest absolute Gasteiger partial charge is 0.410 e. The van der Waals surface area contributed by atoms with Crippen LogP contribution >= 0.6 is 0 Å². The van der Waals surface area contributed by atoms with Gasteiger partial charge >= 0.3 is 6.09 Å². The summed E-state index contributed by atoms with van der Waals surface area (Å²) in [5, 5.41) is 16.2. The number of piperidine rings is 1. The van der Waals surface area contributed by atoms with Crippen LogP contribution in [0.1, 0.15) is 66.5 Å². The van der Waals surface area contributed by atoms with Gasteiger partial charge in [-0.15, -0.1) is 5.10 Å². The molecular formula is C39H42N6O5. The number of ether oxygens (including phenoxy) is 3. The highest BCUT2D eigenvalue weighted by atomic mass is 16.6. The van der Waals surface area contributed by atoms with E-state index in [9.17, 15) is 9.59 Å². The van der Waals surface area contributed by atoms with Crippen molar-refractivity contribution in [2.75, 3.05) is 20.2 Å². The molecule has 50 heavy (non-hydrogen) atoms. The third kappa shape index (κ3) is 7.46. The highest BCUT2D eigenvalue weighted by Gasteiger charge is 2.41. The number of hydrogen-bond donors (Lipinski definition) is 1. The minimum absolute atomic E-state index is 0.0125. The molecule has 11 heteroatoms. The number of likely N-dealkylation sites (tertiary alicyclic amines) is 1. The summed E-state index contributed by atoms with van der Waals surface area (Å²) in [5.41, 5.74) is 1.84. The van der Waals surface area contributed by atoms with Crippen molar-refractivity contribution in [1.82, 2.24) is 30.4 Å². The first-order valence-electron chi connectivity index (χ1n) is 16.7. The first-order valence-corrected chi connectivity index (χ1v) is 16.7. The van der Waals surface area contributed by atoms with Gasteiger partial charge in [0.25, 0.3) is 5.91 Å². The number of carbonyl (C=O) groups excluding carboxylic acids is 2. The summed E-state index contributed by atoms with van der Waals surface area (Å²) < 4.78 is 19.2. The summed E-state index contributed by atoms with van der Waals surface area (Å²) in [7, 11) is 1.54. The van der Waals surface area contributed by atoms with E-state index in [0.29, 0.717) is 48.8 Å². The van der Waals surface area contributed by atoms with Gasteiger partial charge in [-0.1, -0.05) is 91.0 Å². The van der Waals surface area contributed by atoms with Gasteiger partial charge in [-0.25, -0.2) is 9.48 Å². The van der Waals surface area contributed by atoms with Gasteiger partial charge in [-0.3, -0.25) is 4.79 Å². The largest absolute Gasteiger partial charge is 0.497 e. The molecular weight excluding hydrogens is 632 g/mol. The normalized spacial score (nSPS) is 13.8. The van der Waals surface area contributed by atoms with Crippen LogP contribution in [-0.2, 0) is 16.9 Å². The number of amides is 2. The maximum Gasteiger partial charge on any atom is 0.410 e. The van der Waals surface area contributed by atoms with Crippen LogP contribution in [0.15, 0.2) is 109 Å². The summed E-state index contributed by atoms with van der Waals surface area (Å²) in [6.45, 7) is 6.55. The lowest BCUT2D eigenvalue weighted by Gasteiger charge is -2.36. The lowest BCUT2D eigenvalue weighted by Crippen LogP contribution is -2.47. The van der Waals surface area contributed by atoms with Crippen LogP contribution in [0.4, 0.5) is 4.79 Å². The zero-order valence-corrected chi connectivity index (χ0v) is 28.8. The molecule has 2 heterocycles. The average Bonchev–Trinajstić information content (AvgIpc) is 3.60. The minimum atomic E-state index is -0.912. The number of carbonyl (C=O) groups is 2. The highest BCUT2D eigenvalue weighted by molar-refractivity contribution is 5.95. The van der Waals surface area contributed by atoms with Crippen LogP contribution in [0.3, 0.4) is 0 Å². The molecule has 1 aliphatic rings. The van der Waals surface area contributed by atoms with Crippen molar-refractivity contribution in [3.05, 3.63) is 137 Å². The second kappa shape index (κ2) is 14.8. The van der Waals surface area contributed by atoms with Crippen molar-refractivity contribution < 1.29 is 23.8 Å². The second-order valence-electron chi connectivity index (χ2n) is 13.2. The van der Waals surface area contributed by atoms with E-state index < -0.39 is 11.1 Å². The summed E-state index contributed by atoms with van der Waals surface area (Å²) >= 11 is 0. The Morgan fingerprint density at radius 3 is 1.86 bits per heavy atom. The monoisotopic (exact) mass is 674 g/mol. The fourth-order valence-corrected chi connectivity index (χ4v) is 6.31. The number of hydrogen-bond acceptors (Lipinski definition) is 8. The SMILES string of the molecule is COc1cc(OCc2nnnn2C(c2ccccc2)(c2ccccc2)c2ccccc2)cc(C(=O)NC2CCN(C(=O)OC(C)(C)C)CC2)c1. The Labute approximate surface area is 292 Å². The van der Waals surface area contributed by atoms with Crippen molar-refractivity contribution in [1.29, 1.82) is 0 Å². The zero-order chi connectivity index (χ0) is 35.1. The maximum absolute atomic E-state index is 13.5. The molecule has 1 aromatic heterocycles. The molecule has 0 radical (unpaired) electrons. The van der Waals surface area contributed by atoms with Gasteiger partial charge < -0.3 is 24.4 Å². The van der Waals surface area contributed by atoms with E-state index in [1.165, 1.54) is 0 Å². The van der Waals surface area contributed by atoms with Crippen molar-refractivity contribution in [3.63, 3.8) is 0 Å². The first kappa shape index (κ1) is 34.2. The lowest BCUT2D eigenvalue weighted by atomic mass is 9.77. The highest BCUT2D eigenvalue weighted by Crippen LogP contribution is 2.40. The standard InChI is InChI=1S/C39H42N6O5/c1-38(2,3)50-37(47)44-22-20-32(21-23-44)40-36(46)28-24-33(48-4)26-34(25-28)49-27-35-41-42-43-45(35)39(29-14-8-5-9-15-29,30-16-10-6-11-17-30)31-18-12-7-13-19-31/h5-19,24-26,32H,20-23,27H2,1-4H3,(H,40,46). The predicted octanol–water partition coefficient (Wildman–Crippen LogP) is 6.23. The molecule has 1 N–H and O–H groups in total. The molecule has 258 valence electrons. The Bertz CT molecular complexity index is 1790. The molecule has 0 atom stereocenters. The molecule has 5 aromatic rings. The van der Waals surface area contributed by atoms with Gasteiger partial charge in [0.2, 0.25) is 0 Å². The molecule has 1 saturated heterocycles. The van der Waals surface area contributed by atoms with Crippen molar-refractivity contribution in [3.8, 4) is 11.5 Å². The van der Waals surface area contributed by atoms with Crippen LogP contribution < -0.4 is 14.8 Å². The molecule has 0 aliphatic carbocycles. The molecule has 0 unspecified atom stereocenters. The number of tetrazole rings is 1. The Morgan fingerprint density at radius 1 is 0.800 bits per heavy atom. The fraction of sp³-hybridized carbons (Fsp3) is 0.308. The van der Waals surface area contributed by atoms with Crippen molar-refractivity contribution in [2.24, 2.45) is 0 Å². The number of aromatic nitrogens is 4. The van der Waals surface area contributed by atoms with Gasteiger partial charge in [0.05, 0.1) is 7.11 Å². The average molecular weight is 675 g/mol. The minimum Gasteiger partial charge on any atom is -0.497 e. The maximum atomic E-state index is 13.5. The number of methoxy groups -OCH3 is 1. The molecule has 0 spiro atoms. The van der Waals surface area contributed by atoms with E-state index in [1.54, 1.807) is 30.2 Å². The van der Waals surface area contributed by atoms with E-state index >= 15 is 0 Å². The van der Waals surface area contributed by atoms with E-state index in [4.69, 9.17) is 14.2 Å². The second-order valence-corrected chi connectivity index (χ2v) is 13.2. The number of nitrogens with one attached hydrogen (secondary N) is 1. The Kier molecular flexibility index (Phi) is 10.1. The quantitative estimate of drug-likeness (QED) is 0.173. The van der Waals surface area contributed by atoms with Gasteiger partial charge in [-0.05, 0) is 72.9 Å². The van der Waals surface area contributed by atoms with Crippen LogP contribution in [-0.4, -0.2) is 68.9 Å². The summed E-state index contributed by atoms with van der Waals surface area (Å²) in [6, 6.07) is 35.4. The third-order valence-electron chi connectivity index (χ3n) is 8.65. The molecule has 2 amide bonds. The molecule has 4 aromatic carbocycles. The van der Waals surface area contributed by atoms with E-state index in [0.717, 1.165) is 16.7 Å². The lowest BCUT2D eigenvalue weighted by molar-refractivity contribution is 0.0199. The fourth-order valence-electron chi connectivity index (χ4n) is 6.31. The summed E-state index contributed by atoms with van der Waals surface area (Å²) in [5.74, 6) is 1.12. The number of rotatable bonds is 10. The number of nitrogens with zero attached hydrogens (tertiary/aromatic N) is 5. The van der Waals surface area contributed by atoms with E-state index in [-0.39, 0.29) is 24.6 Å². The van der Waals surface area contributed by atoms with Gasteiger partial charge in [0.15, 0.2) is 5.82 Å². The predicted molar refractivity (Wildman–Crippen MR) is 188 cm³/mol. The first-order chi connectivity index (χ1) is 24.2. The summed E-state index contributed by atoms with van der Waals surface area (Å²) in [4.78, 5) is 27.6. The van der Waals surface area contributed by atoms with E-state index in [1.807, 2.05) is 80.1 Å². The van der Waals surface area contributed by atoms with Crippen molar-refractivity contribution in [2.45, 2.75) is 57.4 Å². The van der Waals surface area contributed by atoms with Gasteiger partial charge in [0, 0.05) is 30.8 Å². The molecule has 1 fully saturated rings. The van der Waals surface area contributed by atoms with Crippen LogP contribution in [0.25, 0.3) is 0 Å². The Hall–Kier alpha value is -5.71. The van der Waals surface area contributed by atoms with E-state index in [2.05, 4.69) is 57.2 Å². The third-order valence-corrected chi connectivity index (χ3v) is 8.65. The Morgan fingerprint density at radius 2 is 1.34 bits per heavy atom. The number of benzene rings is 4. The van der Waals surface area contributed by atoms with Crippen LogP contribution in [0.2, 0.25) is 0 Å². The molecule has 11 nitrogen and oxygen atoms in total. The Balaban J connectivity index is 1.24. The van der Waals surface area contributed by atoms with Crippen molar-refractivity contribution >= 4 is 12.0 Å². The van der Waals surface area contributed by atoms with Gasteiger partial charge in [0.1, 0.15) is 29.2 Å². The van der Waals surface area contributed by atoms with Crippen LogP contribution in [0.5, 0.6) is 11.5 Å². The van der Waals surface area contributed by atoms with Gasteiger partial charge in [-0.2, -0.15) is 0 Å². The zero-order valence-electron chi connectivity index (χ0n) is 28.8. The molecule has 1 aliphatic heterocycles.